The monoisotopic (exact) mass is 374 g/mol. The van der Waals surface area contributed by atoms with E-state index in [4.69, 9.17) is 11.6 Å². The number of rotatable bonds is 3. The van der Waals surface area contributed by atoms with Crippen LogP contribution in [0.2, 0.25) is 5.02 Å². The lowest BCUT2D eigenvalue weighted by Gasteiger charge is -2.33. The van der Waals surface area contributed by atoms with E-state index in [0.717, 1.165) is 12.1 Å². The third kappa shape index (κ3) is 3.47. The Balaban J connectivity index is 1.92. The molecule has 0 amide bonds. The van der Waals surface area contributed by atoms with Crippen LogP contribution >= 0.6 is 11.6 Å². The van der Waals surface area contributed by atoms with Gasteiger partial charge in [0.1, 0.15) is 17.7 Å². The first kappa shape index (κ1) is 17.7. The molecule has 0 saturated carbocycles. The van der Waals surface area contributed by atoms with Gasteiger partial charge < -0.3 is 9.67 Å². The van der Waals surface area contributed by atoms with Crippen molar-refractivity contribution in [2.75, 3.05) is 0 Å². The smallest absolute Gasteiger partial charge is 0.416 e. The molecule has 1 unspecified atom stereocenters. The highest BCUT2D eigenvalue weighted by Crippen LogP contribution is 2.33. The molecule has 0 spiro atoms. The number of carbonyl (C=O) groups is 1. The second-order valence-corrected chi connectivity index (χ2v) is 6.24. The van der Waals surface area contributed by atoms with Crippen molar-refractivity contribution in [1.82, 2.24) is 19.7 Å². The topological polar surface area (TPSA) is 71.2 Å². The van der Waals surface area contributed by atoms with Gasteiger partial charge in [-0.3, -0.25) is 9.69 Å². The first-order valence-corrected chi connectivity index (χ1v) is 7.75. The largest absolute Gasteiger partial charge is 0.480 e. The maximum atomic E-state index is 12.9. The van der Waals surface area contributed by atoms with Crippen molar-refractivity contribution in [2.45, 2.75) is 38.8 Å². The molecule has 0 bridgehead atoms. The van der Waals surface area contributed by atoms with Gasteiger partial charge in [-0.2, -0.15) is 13.2 Å². The summed E-state index contributed by atoms with van der Waals surface area (Å²) in [4.78, 5) is 13.1. The van der Waals surface area contributed by atoms with Crippen molar-refractivity contribution in [1.29, 1.82) is 0 Å². The summed E-state index contributed by atoms with van der Waals surface area (Å²) in [7, 11) is 0. The first-order chi connectivity index (χ1) is 11.7. The van der Waals surface area contributed by atoms with E-state index < -0.39 is 23.8 Å². The van der Waals surface area contributed by atoms with Crippen LogP contribution < -0.4 is 0 Å². The van der Waals surface area contributed by atoms with Gasteiger partial charge in [0, 0.05) is 11.6 Å². The third-order valence-corrected chi connectivity index (χ3v) is 4.55. The number of halogens is 4. The molecule has 0 radical (unpaired) electrons. The number of alkyl halides is 3. The number of hydrogen-bond donors (Lipinski definition) is 1. The second-order valence-electron chi connectivity index (χ2n) is 5.84. The fraction of sp³-hybridized carbons (Fsp3) is 0.400. The van der Waals surface area contributed by atoms with Gasteiger partial charge >= 0.3 is 12.1 Å². The standard InChI is InChI=1S/C15H14ClF3N4O2/c1-8-20-21-13-7-22(12(14(24)25)6-23(8)13)5-9-4-10(15(17,18)19)2-3-11(9)16/h2-4,12H,5-7H2,1H3,(H,24,25). The molecule has 2 heterocycles. The van der Waals surface area contributed by atoms with E-state index in [9.17, 15) is 23.1 Å². The van der Waals surface area contributed by atoms with Crippen LogP contribution in [-0.2, 0) is 30.6 Å². The third-order valence-electron chi connectivity index (χ3n) is 4.18. The molecule has 1 aliphatic heterocycles. The molecule has 1 aromatic carbocycles. The van der Waals surface area contributed by atoms with Crippen LogP contribution in [0.3, 0.4) is 0 Å². The minimum absolute atomic E-state index is 0.0361. The van der Waals surface area contributed by atoms with Gasteiger partial charge in [0.2, 0.25) is 0 Å². The second kappa shape index (κ2) is 6.30. The summed E-state index contributed by atoms with van der Waals surface area (Å²) in [6.07, 6.45) is -4.50. The van der Waals surface area contributed by atoms with Crippen molar-refractivity contribution in [3.8, 4) is 0 Å². The quantitative estimate of drug-likeness (QED) is 0.894. The normalized spacial score (nSPS) is 18.2. The lowest BCUT2D eigenvalue weighted by molar-refractivity contribution is -0.145. The Kier molecular flexibility index (Phi) is 4.46. The number of aliphatic carboxylic acids is 1. The highest BCUT2D eigenvalue weighted by atomic mass is 35.5. The molecule has 2 aromatic rings. The maximum Gasteiger partial charge on any atom is 0.416 e. The first-order valence-electron chi connectivity index (χ1n) is 7.38. The molecule has 10 heteroatoms. The Morgan fingerprint density at radius 3 is 2.76 bits per heavy atom. The Morgan fingerprint density at radius 2 is 2.12 bits per heavy atom. The zero-order valence-electron chi connectivity index (χ0n) is 13.1. The Morgan fingerprint density at radius 1 is 1.40 bits per heavy atom. The van der Waals surface area contributed by atoms with Gasteiger partial charge in [0.25, 0.3) is 0 Å². The van der Waals surface area contributed by atoms with Crippen molar-refractivity contribution in [3.63, 3.8) is 0 Å². The summed E-state index contributed by atoms with van der Waals surface area (Å²) >= 11 is 6.02. The molecule has 0 saturated heterocycles. The molecular formula is C15H14ClF3N4O2. The van der Waals surface area contributed by atoms with Crippen LogP contribution in [0.15, 0.2) is 18.2 Å². The minimum atomic E-state index is -4.50. The summed E-state index contributed by atoms with van der Waals surface area (Å²) < 4.78 is 40.4. The zero-order valence-corrected chi connectivity index (χ0v) is 13.8. The van der Waals surface area contributed by atoms with Crippen LogP contribution in [0.25, 0.3) is 0 Å². The van der Waals surface area contributed by atoms with Crippen LogP contribution in [0, 0.1) is 6.92 Å². The van der Waals surface area contributed by atoms with Crippen molar-refractivity contribution in [2.24, 2.45) is 0 Å². The molecule has 3 rings (SSSR count). The Bertz CT molecular complexity index is 822. The predicted molar refractivity (Wildman–Crippen MR) is 81.9 cm³/mol. The van der Waals surface area contributed by atoms with Crippen LogP contribution in [-0.4, -0.2) is 36.8 Å². The van der Waals surface area contributed by atoms with Gasteiger partial charge in [0.15, 0.2) is 0 Å². The van der Waals surface area contributed by atoms with Gasteiger partial charge in [-0.05, 0) is 30.7 Å². The average molecular weight is 375 g/mol. The molecule has 0 aliphatic carbocycles. The number of benzene rings is 1. The SMILES string of the molecule is Cc1nnc2n1CC(C(=O)O)N(Cc1cc(C(F)(F)F)ccc1Cl)C2. The highest BCUT2D eigenvalue weighted by molar-refractivity contribution is 6.31. The van der Waals surface area contributed by atoms with E-state index in [-0.39, 0.29) is 30.2 Å². The van der Waals surface area contributed by atoms with Crippen molar-refractivity contribution in [3.05, 3.63) is 46.0 Å². The number of carboxylic acids is 1. The van der Waals surface area contributed by atoms with Crippen LogP contribution in [0.1, 0.15) is 22.8 Å². The maximum absolute atomic E-state index is 12.9. The number of aromatic nitrogens is 3. The average Bonchev–Trinajstić information content (AvgIpc) is 2.88. The number of hydrogen-bond acceptors (Lipinski definition) is 4. The minimum Gasteiger partial charge on any atom is -0.480 e. The lowest BCUT2D eigenvalue weighted by Crippen LogP contribution is -2.47. The van der Waals surface area contributed by atoms with E-state index in [2.05, 4.69) is 10.2 Å². The fourth-order valence-corrected chi connectivity index (χ4v) is 3.03. The van der Waals surface area contributed by atoms with Crippen LogP contribution in [0.4, 0.5) is 13.2 Å². The van der Waals surface area contributed by atoms with E-state index in [1.807, 2.05) is 0 Å². The summed E-state index contributed by atoms with van der Waals surface area (Å²) in [5.41, 5.74) is -0.609. The van der Waals surface area contributed by atoms with Gasteiger partial charge in [-0.25, -0.2) is 0 Å². The number of aryl methyl sites for hydroxylation is 1. The van der Waals surface area contributed by atoms with E-state index in [1.54, 1.807) is 11.5 Å². The molecule has 0 fully saturated rings. The number of fused-ring (bicyclic) bond motifs is 1. The molecule has 1 aliphatic rings. The predicted octanol–water partition coefficient (Wildman–Crippen LogP) is 2.73. The number of nitrogens with zero attached hydrogens (tertiary/aromatic N) is 4. The van der Waals surface area contributed by atoms with Crippen LogP contribution in [0.5, 0.6) is 0 Å². The van der Waals surface area contributed by atoms with Crippen molar-refractivity contribution < 1.29 is 23.1 Å². The highest BCUT2D eigenvalue weighted by Gasteiger charge is 2.35. The number of carboxylic acid groups (broad SMARTS) is 1. The molecule has 1 aromatic heterocycles. The zero-order chi connectivity index (χ0) is 18.4. The summed E-state index contributed by atoms with van der Waals surface area (Å²) in [6, 6.07) is 2.11. The molecule has 1 atom stereocenters. The van der Waals surface area contributed by atoms with Gasteiger partial charge in [-0.15, -0.1) is 10.2 Å². The summed E-state index contributed by atoms with van der Waals surface area (Å²) in [5, 5.41) is 17.5. The molecule has 134 valence electrons. The van der Waals surface area contributed by atoms with Crippen molar-refractivity contribution >= 4 is 17.6 Å². The molecular weight excluding hydrogens is 361 g/mol. The molecule has 25 heavy (non-hydrogen) atoms. The molecule has 6 nitrogen and oxygen atoms in total. The lowest BCUT2D eigenvalue weighted by atomic mass is 10.1. The van der Waals surface area contributed by atoms with Gasteiger partial charge in [0.05, 0.1) is 18.7 Å². The summed E-state index contributed by atoms with van der Waals surface area (Å²) in [6.45, 7) is 1.96. The summed E-state index contributed by atoms with van der Waals surface area (Å²) in [5.74, 6) is 0.0953. The molecule has 1 N–H and O–H groups in total. The van der Waals surface area contributed by atoms with E-state index >= 15 is 0 Å². The Labute approximate surface area is 145 Å². The Hall–Kier alpha value is -2.13. The van der Waals surface area contributed by atoms with E-state index in [0.29, 0.717) is 11.6 Å². The van der Waals surface area contributed by atoms with Gasteiger partial charge in [-0.1, -0.05) is 11.6 Å². The fourth-order valence-electron chi connectivity index (χ4n) is 2.85. The van der Waals surface area contributed by atoms with E-state index in [1.165, 1.54) is 11.0 Å².